The summed E-state index contributed by atoms with van der Waals surface area (Å²) in [6, 6.07) is 4.20. The molecule has 0 bridgehead atoms. The molecule has 25 heavy (non-hydrogen) atoms. The third-order valence-corrected chi connectivity index (χ3v) is 5.05. The van der Waals surface area contributed by atoms with Crippen LogP contribution in [0.5, 0.6) is 0 Å². The third-order valence-electron chi connectivity index (χ3n) is 5.05. The molecule has 1 aliphatic rings. The Balaban J connectivity index is 1.82. The Morgan fingerprint density at radius 3 is 2.64 bits per heavy atom. The van der Waals surface area contributed by atoms with E-state index in [2.05, 4.69) is 31.0 Å². The molecule has 1 amide bonds. The van der Waals surface area contributed by atoms with E-state index in [1.807, 2.05) is 20.8 Å². The van der Waals surface area contributed by atoms with Crippen molar-refractivity contribution < 1.29 is 14.6 Å². The van der Waals surface area contributed by atoms with Gasteiger partial charge in [0.25, 0.3) is 0 Å². The summed E-state index contributed by atoms with van der Waals surface area (Å²) in [6.07, 6.45) is -0.523. The number of hydrogen-bond acceptors (Lipinski definition) is 3. The summed E-state index contributed by atoms with van der Waals surface area (Å²) in [5, 5.41) is 11.3. The fourth-order valence-corrected chi connectivity index (χ4v) is 3.74. The quantitative estimate of drug-likeness (QED) is 0.896. The van der Waals surface area contributed by atoms with E-state index in [-0.39, 0.29) is 18.1 Å². The molecule has 0 aliphatic carbocycles. The van der Waals surface area contributed by atoms with Crippen LogP contribution in [-0.4, -0.2) is 52.3 Å². The van der Waals surface area contributed by atoms with Crippen molar-refractivity contribution in [1.29, 1.82) is 0 Å². The molecule has 0 unspecified atom stereocenters. The molecule has 2 aromatic rings. The van der Waals surface area contributed by atoms with Crippen molar-refractivity contribution >= 4 is 16.8 Å². The highest BCUT2D eigenvalue weighted by molar-refractivity contribution is 5.94. The molecule has 5 heteroatoms. The van der Waals surface area contributed by atoms with Gasteiger partial charge in [-0.3, -0.25) is 4.79 Å². The molecule has 2 atom stereocenters. The van der Waals surface area contributed by atoms with Gasteiger partial charge in [-0.25, -0.2) is 0 Å². The Morgan fingerprint density at radius 1 is 1.28 bits per heavy atom. The van der Waals surface area contributed by atoms with Gasteiger partial charge in [0.05, 0.1) is 18.6 Å². The number of aliphatic hydroxyl groups is 1. The number of aliphatic hydroxyl groups excluding tert-OH is 1. The molecule has 0 spiro atoms. The van der Waals surface area contributed by atoms with Crippen LogP contribution >= 0.6 is 0 Å². The molecule has 136 valence electrons. The van der Waals surface area contributed by atoms with Crippen LogP contribution in [0.25, 0.3) is 10.9 Å². The van der Waals surface area contributed by atoms with E-state index < -0.39 is 6.10 Å². The Hall–Kier alpha value is -1.85. The van der Waals surface area contributed by atoms with Gasteiger partial charge in [0.1, 0.15) is 6.10 Å². The smallest absolute Gasteiger partial charge is 0.227 e. The molecular formula is C20H28N2O3. The maximum absolute atomic E-state index is 12.8. The van der Waals surface area contributed by atoms with E-state index >= 15 is 0 Å². The number of aromatic amines is 1. The Kier molecular flexibility index (Phi) is 4.89. The van der Waals surface area contributed by atoms with Gasteiger partial charge in [-0.2, -0.15) is 0 Å². The Bertz CT molecular complexity index is 794. The van der Waals surface area contributed by atoms with Gasteiger partial charge < -0.3 is 19.7 Å². The molecular weight excluding hydrogens is 316 g/mol. The van der Waals surface area contributed by atoms with E-state index in [0.717, 1.165) is 22.2 Å². The highest BCUT2D eigenvalue weighted by Gasteiger charge is 2.35. The highest BCUT2D eigenvalue weighted by Crippen LogP contribution is 2.29. The molecule has 1 fully saturated rings. The van der Waals surface area contributed by atoms with Gasteiger partial charge in [0.2, 0.25) is 5.91 Å². The zero-order chi connectivity index (χ0) is 18.3. The minimum atomic E-state index is -0.612. The number of aryl methyl sites for hydroxylation is 3. The lowest BCUT2D eigenvalue weighted by Gasteiger charge is -2.18. The summed E-state index contributed by atoms with van der Waals surface area (Å²) in [4.78, 5) is 18.0. The predicted octanol–water partition coefficient (Wildman–Crippen LogP) is 2.63. The third kappa shape index (κ3) is 3.44. The summed E-state index contributed by atoms with van der Waals surface area (Å²) in [5.41, 5.74) is 5.57. The summed E-state index contributed by atoms with van der Waals surface area (Å²) >= 11 is 0. The fraction of sp³-hybridized carbons (Fsp3) is 0.550. The summed E-state index contributed by atoms with van der Waals surface area (Å²) < 4.78 is 5.72. The zero-order valence-corrected chi connectivity index (χ0v) is 15.7. The van der Waals surface area contributed by atoms with Gasteiger partial charge >= 0.3 is 0 Å². The van der Waals surface area contributed by atoms with Crippen molar-refractivity contribution in [2.75, 3.05) is 13.1 Å². The molecule has 1 aliphatic heterocycles. The van der Waals surface area contributed by atoms with Crippen LogP contribution in [0, 0.1) is 20.8 Å². The van der Waals surface area contributed by atoms with Crippen LogP contribution in [0.4, 0.5) is 0 Å². The first-order valence-electron chi connectivity index (χ1n) is 8.96. The maximum Gasteiger partial charge on any atom is 0.227 e. The number of likely N-dealkylation sites (tertiary alicyclic amines) is 1. The summed E-state index contributed by atoms with van der Waals surface area (Å²) in [7, 11) is 0. The van der Waals surface area contributed by atoms with Crippen LogP contribution < -0.4 is 0 Å². The van der Waals surface area contributed by atoms with E-state index in [1.165, 1.54) is 11.1 Å². The van der Waals surface area contributed by atoms with Crippen LogP contribution in [0.15, 0.2) is 12.1 Å². The van der Waals surface area contributed by atoms with E-state index in [1.54, 1.807) is 4.90 Å². The van der Waals surface area contributed by atoms with E-state index in [4.69, 9.17) is 4.74 Å². The van der Waals surface area contributed by atoms with Gasteiger partial charge in [-0.05, 0) is 51.3 Å². The molecule has 0 saturated carbocycles. The molecule has 5 nitrogen and oxygen atoms in total. The standard InChI is InChI=1S/C20H28N2O3/c1-11(2)25-17-10-22(9-16(17)23)18(24)8-15-14(5)21-20-13(4)7-6-12(3)19(15)20/h6-7,11,16-17,21,23H,8-10H2,1-5H3/t16-,17-/m0/s1. The molecule has 1 aromatic carbocycles. The average molecular weight is 344 g/mol. The van der Waals surface area contributed by atoms with Crippen LogP contribution in [-0.2, 0) is 16.0 Å². The van der Waals surface area contributed by atoms with Crippen LogP contribution in [0.3, 0.4) is 0 Å². The number of amides is 1. The van der Waals surface area contributed by atoms with Crippen molar-refractivity contribution in [1.82, 2.24) is 9.88 Å². The number of nitrogens with one attached hydrogen (secondary N) is 1. The second-order valence-electron chi connectivity index (χ2n) is 7.44. The molecule has 2 heterocycles. The van der Waals surface area contributed by atoms with E-state index in [0.29, 0.717) is 19.5 Å². The molecule has 0 radical (unpaired) electrons. The topological polar surface area (TPSA) is 65.6 Å². The Labute approximate surface area is 149 Å². The van der Waals surface area contributed by atoms with Crippen LogP contribution in [0.1, 0.15) is 36.2 Å². The molecule has 1 saturated heterocycles. The van der Waals surface area contributed by atoms with Crippen LogP contribution in [0.2, 0.25) is 0 Å². The maximum atomic E-state index is 12.8. The zero-order valence-electron chi connectivity index (χ0n) is 15.7. The summed E-state index contributed by atoms with van der Waals surface area (Å²) in [5.74, 6) is 0.0406. The SMILES string of the molecule is Cc1[nH]c2c(C)ccc(C)c2c1CC(=O)N1C[C@H](OC(C)C)[C@@H](O)C1. The van der Waals surface area contributed by atoms with Crippen molar-refractivity contribution in [3.05, 3.63) is 34.5 Å². The number of rotatable bonds is 4. The highest BCUT2D eigenvalue weighted by atomic mass is 16.5. The van der Waals surface area contributed by atoms with Gasteiger partial charge in [-0.15, -0.1) is 0 Å². The molecule has 1 aromatic heterocycles. The van der Waals surface area contributed by atoms with Gasteiger partial charge in [0, 0.05) is 29.7 Å². The monoisotopic (exact) mass is 344 g/mol. The van der Waals surface area contributed by atoms with Crippen molar-refractivity contribution in [3.63, 3.8) is 0 Å². The van der Waals surface area contributed by atoms with E-state index in [9.17, 15) is 9.90 Å². The number of fused-ring (bicyclic) bond motifs is 1. The van der Waals surface area contributed by atoms with Crippen molar-refractivity contribution in [2.45, 2.75) is 59.4 Å². The normalized spacial score (nSPS) is 20.8. The average Bonchev–Trinajstić information content (AvgIpc) is 3.05. The minimum absolute atomic E-state index is 0.0381. The lowest BCUT2D eigenvalue weighted by molar-refractivity contribution is -0.130. The van der Waals surface area contributed by atoms with Gasteiger partial charge in [0.15, 0.2) is 0 Å². The molecule has 3 rings (SSSR count). The number of nitrogens with zero attached hydrogens (tertiary/aromatic N) is 1. The number of β-amino-alcohol motifs (C(OH)–C–C–N with tert-alkyl or cyclic N) is 1. The van der Waals surface area contributed by atoms with Gasteiger partial charge in [-0.1, -0.05) is 12.1 Å². The van der Waals surface area contributed by atoms with Crippen molar-refractivity contribution in [3.8, 4) is 0 Å². The number of carbonyl (C=O) groups is 1. The fourth-order valence-electron chi connectivity index (χ4n) is 3.74. The van der Waals surface area contributed by atoms with Crippen molar-refractivity contribution in [2.24, 2.45) is 0 Å². The molecule has 2 N–H and O–H groups in total. The first-order chi connectivity index (χ1) is 11.8. The largest absolute Gasteiger partial charge is 0.388 e. The number of carbonyl (C=O) groups excluding carboxylic acids is 1. The number of H-pyrrole nitrogens is 1. The predicted molar refractivity (Wildman–Crippen MR) is 98.8 cm³/mol. The Morgan fingerprint density at radius 2 is 1.96 bits per heavy atom. The number of ether oxygens (including phenoxy) is 1. The number of benzene rings is 1. The second kappa shape index (κ2) is 6.81. The lowest BCUT2D eigenvalue weighted by atomic mass is 10.0. The lowest BCUT2D eigenvalue weighted by Crippen LogP contribution is -2.32. The first-order valence-corrected chi connectivity index (χ1v) is 8.96. The number of aromatic nitrogens is 1. The first kappa shape index (κ1) is 18.0. The number of hydrogen-bond donors (Lipinski definition) is 2. The minimum Gasteiger partial charge on any atom is -0.388 e. The second-order valence-corrected chi connectivity index (χ2v) is 7.44. The summed E-state index contributed by atoms with van der Waals surface area (Å²) in [6.45, 7) is 10.9.